The molecule has 0 saturated carbocycles. The van der Waals surface area contributed by atoms with E-state index in [2.05, 4.69) is 30.5 Å². The monoisotopic (exact) mass is 487 g/mol. The van der Waals surface area contributed by atoms with Gasteiger partial charge in [0.2, 0.25) is 11.6 Å². The van der Waals surface area contributed by atoms with E-state index in [1.54, 1.807) is 37.4 Å². The molecule has 4 aromatic rings. The van der Waals surface area contributed by atoms with Crippen LogP contribution >= 0.6 is 11.3 Å². The molecular formula is C19H17N7O5S2. The van der Waals surface area contributed by atoms with E-state index in [0.29, 0.717) is 16.4 Å². The van der Waals surface area contributed by atoms with Gasteiger partial charge in [-0.25, -0.2) is 23.4 Å². The predicted molar refractivity (Wildman–Crippen MR) is 123 cm³/mol. The summed E-state index contributed by atoms with van der Waals surface area (Å²) in [5, 5.41) is 14.9. The Morgan fingerprint density at radius 3 is 2.52 bits per heavy atom. The number of hydrazine groups is 1. The summed E-state index contributed by atoms with van der Waals surface area (Å²) in [6, 6.07) is 11.4. The minimum Gasteiger partial charge on any atom is -0.497 e. The van der Waals surface area contributed by atoms with Crippen molar-refractivity contribution in [1.82, 2.24) is 19.8 Å². The van der Waals surface area contributed by atoms with Crippen molar-refractivity contribution in [2.75, 3.05) is 17.9 Å². The minimum atomic E-state index is -4.00. The number of hydrogen-bond acceptors (Lipinski definition) is 11. The molecule has 3 N–H and O–H groups in total. The number of fused-ring (bicyclic) bond motifs is 1. The van der Waals surface area contributed by atoms with Gasteiger partial charge in [-0.1, -0.05) is 29.0 Å². The van der Waals surface area contributed by atoms with Gasteiger partial charge in [0.25, 0.3) is 10.0 Å². The van der Waals surface area contributed by atoms with Crippen LogP contribution in [0.15, 0.2) is 53.7 Å². The van der Waals surface area contributed by atoms with Crippen molar-refractivity contribution in [3.8, 4) is 5.75 Å². The minimum absolute atomic E-state index is 0.0134. The Hall–Kier alpha value is -3.88. The van der Waals surface area contributed by atoms with E-state index in [1.807, 2.05) is 6.92 Å². The number of nitrogens with zero attached hydrogens (tertiary/aromatic N) is 4. The second-order valence-electron chi connectivity index (χ2n) is 6.70. The molecule has 0 amide bonds. The number of anilines is 3. The number of nitro groups is 1. The first-order chi connectivity index (χ1) is 15.8. The number of hydrogen-bond donors (Lipinski definition) is 3. The zero-order valence-electron chi connectivity index (χ0n) is 17.3. The molecule has 0 fully saturated rings. The van der Waals surface area contributed by atoms with Crippen molar-refractivity contribution >= 4 is 54.0 Å². The highest BCUT2D eigenvalue weighted by atomic mass is 32.2. The first-order valence-corrected chi connectivity index (χ1v) is 11.6. The van der Waals surface area contributed by atoms with Crippen molar-refractivity contribution < 1.29 is 18.1 Å². The van der Waals surface area contributed by atoms with Crippen LogP contribution in [0, 0.1) is 17.0 Å². The molecule has 0 radical (unpaired) electrons. The van der Waals surface area contributed by atoms with Crippen LogP contribution in [0.4, 0.5) is 22.5 Å². The van der Waals surface area contributed by atoms with Gasteiger partial charge in [-0.3, -0.25) is 15.5 Å². The van der Waals surface area contributed by atoms with Crippen LogP contribution < -0.4 is 20.3 Å². The Balaban J connectivity index is 1.61. The largest absolute Gasteiger partial charge is 0.497 e. The number of rotatable bonds is 8. The van der Waals surface area contributed by atoms with Crippen molar-refractivity contribution in [3.05, 3.63) is 64.5 Å². The molecule has 2 aromatic carbocycles. The Morgan fingerprint density at radius 2 is 1.82 bits per heavy atom. The summed E-state index contributed by atoms with van der Waals surface area (Å²) in [6.07, 6.45) is 1.06. The number of aromatic nitrogens is 3. The third-order valence-corrected chi connectivity index (χ3v) is 6.66. The van der Waals surface area contributed by atoms with Crippen LogP contribution in [0.25, 0.3) is 10.2 Å². The van der Waals surface area contributed by atoms with Gasteiger partial charge in [-0.2, -0.15) is 0 Å². The summed E-state index contributed by atoms with van der Waals surface area (Å²) in [6.45, 7) is 1.82. The van der Waals surface area contributed by atoms with Crippen LogP contribution in [-0.4, -0.2) is 35.4 Å². The molecule has 170 valence electrons. The molecule has 33 heavy (non-hydrogen) atoms. The van der Waals surface area contributed by atoms with E-state index >= 15 is 0 Å². The number of nitrogens with one attached hydrogen (secondary N) is 3. The zero-order valence-corrected chi connectivity index (χ0v) is 18.9. The molecule has 0 spiro atoms. The SMILES string of the molecule is COc1ccc2nc(Nc3ncnc(NNS(=O)(=O)c4ccc(C)cc4)c3[N+](=O)[O-])sc2c1. The van der Waals surface area contributed by atoms with E-state index in [1.165, 1.54) is 23.5 Å². The summed E-state index contributed by atoms with van der Waals surface area (Å²) >= 11 is 1.25. The molecule has 12 nitrogen and oxygen atoms in total. The number of methoxy groups -OCH3 is 1. The number of benzene rings is 2. The summed E-state index contributed by atoms with van der Waals surface area (Å²) in [4.78, 5) is 25.3. The van der Waals surface area contributed by atoms with Crippen LogP contribution in [0.5, 0.6) is 5.75 Å². The molecule has 0 aliphatic heterocycles. The van der Waals surface area contributed by atoms with Crippen molar-refractivity contribution in [1.29, 1.82) is 0 Å². The van der Waals surface area contributed by atoms with Gasteiger partial charge in [0, 0.05) is 0 Å². The Labute approximate surface area is 191 Å². The van der Waals surface area contributed by atoms with Gasteiger partial charge in [0.15, 0.2) is 5.13 Å². The third-order valence-electron chi connectivity index (χ3n) is 4.46. The number of sulfonamides is 1. The van der Waals surface area contributed by atoms with E-state index < -0.39 is 20.6 Å². The fraction of sp³-hybridized carbons (Fsp3) is 0.105. The summed E-state index contributed by atoms with van der Waals surface area (Å²) in [5.74, 6) is 0.159. The smallest absolute Gasteiger partial charge is 0.355 e. The molecule has 0 aliphatic rings. The second-order valence-corrected chi connectivity index (χ2v) is 9.41. The van der Waals surface area contributed by atoms with Crippen LogP contribution in [0.2, 0.25) is 0 Å². The second kappa shape index (κ2) is 8.93. The molecule has 0 unspecified atom stereocenters. The number of thiazole rings is 1. The van der Waals surface area contributed by atoms with Crippen LogP contribution in [0.3, 0.4) is 0 Å². The van der Waals surface area contributed by atoms with Crippen molar-refractivity contribution in [2.24, 2.45) is 0 Å². The van der Waals surface area contributed by atoms with E-state index in [4.69, 9.17) is 4.74 Å². The Morgan fingerprint density at radius 1 is 1.09 bits per heavy atom. The van der Waals surface area contributed by atoms with Gasteiger partial charge in [0.1, 0.15) is 12.1 Å². The zero-order chi connectivity index (χ0) is 23.6. The molecule has 2 aromatic heterocycles. The highest BCUT2D eigenvalue weighted by molar-refractivity contribution is 7.89. The lowest BCUT2D eigenvalue weighted by Crippen LogP contribution is -2.30. The maximum atomic E-state index is 12.5. The standard InChI is InChI=1S/C19H17N7O5S2/c1-11-3-6-13(7-4-11)33(29,30)25-24-18-16(26(27)28)17(20-10-21-18)23-19-22-14-8-5-12(31-2)9-15(14)32-19/h3-10,25H,1-2H3,(H2,20,21,22,23,24). The van der Waals surface area contributed by atoms with Crippen LogP contribution in [-0.2, 0) is 10.0 Å². The number of ether oxygens (including phenoxy) is 1. The highest BCUT2D eigenvalue weighted by Gasteiger charge is 2.25. The maximum absolute atomic E-state index is 12.5. The topological polar surface area (TPSA) is 161 Å². The van der Waals surface area contributed by atoms with Gasteiger partial charge in [0.05, 0.1) is 27.1 Å². The maximum Gasteiger partial charge on any atom is 0.355 e. The summed E-state index contributed by atoms with van der Waals surface area (Å²) in [5.41, 5.74) is 3.31. The van der Waals surface area contributed by atoms with E-state index in [-0.39, 0.29) is 16.5 Å². The Bertz CT molecular complexity index is 1440. The average molecular weight is 488 g/mol. The lowest BCUT2D eigenvalue weighted by Gasteiger charge is -2.10. The van der Waals surface area contributed by atoms with Gasteiger partial charge in [-0.15, -0.1) is 4.83 Å². The number of aryl methyl sites for hydroxylation is 1. The molecule has 0 aliphatic carbocycles. The fourth-order valence-electron chi connectivity index (χ4n) is 2.81. The first-order valence-electron chi connectivity index (χ1n) is 9.32. The van der Waals surface area contributed by atoms with Gasteiger partial charge < -0.3 is 10.1 Å². The lowest BCUT2D eigenvalue weighted by molar-refractivity contribution is -0.383. The van der Waals surface area contributed by atoms with E-state index in [0.717, 1.165) is 16.6 Å². The molecule has 0 bridgehead atoms. The summed E-state index contributed by atoms with van der Waals surface area (Å²) < 4.78 is 31.0. The molecular weight excluding hydrogens is 470 g/mol. The predicted octanol–water partition coefficient (Wildman–Crippen LogP) is 3.36. The van der Waals surface area contributed by atoms with Gasteiger partial charge >= 0.3 is 5.69 Å². The molecule has 4 rings (SSSR count). The molecule has 14 heteroatoms. The molecule has 0 saturated heterocycles. The normalized spacial score (nSPS) is 11.3. The molecule has 2 heterocycles. The quantitative estimate of drug-likeness (QED) is 0.248. The van der Waals surface area contributed by atoms with E-state index in [9.17, 15) is 18.5 Å². The fourth-order valence-corrected chi connectivity index (χ4v) is 4.55. The summed E-state index contributed by atoms with van der Waals surface area (Å²) in [7, 11) is -2.45. The lowest BCUT2D eigenvalue weighted by atomic mass is 10.2. The van der Waals surface area contributed by atoms with Crippen LogP contribution in [0.1, 0.15) is 5.56 Å². The van der Waals surface area contributed by atoms with Crippen molar-refractivity contribution in [2.45, 2.75) is 11.8 Å². The van der Waals surface area contributed by atoms with Gasteiger partial charge in [-0.05, 0) is 37.3 Å². The molecule has 0 atom stereocenters. The highest BCUT2D eigenvalue weighted by Crippen LogP contribution is 2.35. The first kappa shape index (κ1) is 22.3. The average Bonchev–Trinajstić information content (AvgIpc) is 3.19. The van der Waals surface area contributed by atoms with Crippen molar-refractivity contribution in [3.63, 3.8) is 0 Å². The Kier molecular flexibility index (Phi) is 6.04. The third kappa shape index (κ3) is 4.82.